The van der Waals surface area contributed by atoms with Crippen LogP contribution in [0.4, 0.5) is 11.4 Å². The Morgan fingerprint density at radius 1 is 1.05 bits per heavy atom. The number of anilines is 1. The van der Waals surface area contributed by atoms with Gasteiger partial charge in [0.25, 0.3) is 5.91 Å². The van der Waals surface area contributed by atoms with Crippen molar-refractivity contribution in [3.63, 3.8) is 0 Å². The molecule has 0 spiro atoms. The third-order valence-corrected chi connectivity index (χ3v) is 5.15. The molecule has 0 radical (unpaired) electrons. The quantitative estimate of drug-likeness (QED) is 0.155. The fraction of sp³-hybridized carbons (Fsp3) is 0.120. The van der Waals surface area contributed by atoms with Crippen LogP contribution in [0.1, 0.15) is 39.6 Å². The van der Waals surface area contributed by atoms with Crippen LogP contribution in [0.2, 0.25) is 0 Å². The Hall–Kier alpha value is -5.26. The van der Waals surface area contributed by atoms with Gasteiger partial charge in [-0.1, -0.05) is 13.0 Å². The van der Waals surface area contributed by atoms with Gasteiger partial charge in [0, 0.05) is 29.3 Å². The lowest BCUT2D eigenvalue weighted by Gasteiger charge is -2.09. The van der Waals surface area contributed by atoms with Gasteiger partial charge in [0.05, 0.1) is 16.7 Å². The zero-order valence-electron chi connectivity index (χ0n) is 19.4. The van der Waals surface area contributed by atoms with Crippen LogP contribution < -0.4 is 25.0 Å². The van der Waals surface area contributed by atoms with E-state index in [0.717, 1.165) is 6.21 Å². The van der Waals surface area contributed by atoms with E-state index in [-0.39, 0.29) is 35.1 Å². The van der Waals surface area contributed by atoms with E-state index in [2.05, 4.69) is 15.8 Å². The third-order valence-electron chi connectivity index (χ3n) is 5.15. The molecular formula is C25H20N4O8. The number of hydrogen-bond donors (Lipinski definition) is 2. The Bertz CT molecular complexity index is 1400. The van der Waals surface area contributed by atoms with Gasteiger partial charge in [-0.25, -0.2) is 10.2 Å². The number of benzene rings is 3. The molecule has 3 aromatic rings. The molecule has 0 saturated carbocycles. The molecule has 1 heterocycles. The van der Waals surface area contributed by atoms with Gasteiger partial charge in [0.15, 0.2) is 11.5 Å². The predicted molar refractivity (Wildman–Crippen MR) is 131 cm³/mol. The van der Waals surface area contributed by atoms with Gasteiger partial charge in [-0.2, -0.15) is 5.10 Å². The number of nitrogens with one attached hydrogen (secondary N) is 2. The Morgan fingerprint density at radius 2 is 1.78 bits per heavy atom. The zero-order chi connectivity index (χ0) is 26.4. The monoisotopic (exact) mass is 504 g/mol. The normalized spacial score (nSPS) is 11.7. The molecule has 0 aliphatic carbocycles. The molecule has 0 aromatic heterocycles. The minimum Gasteiger partial charge on any atom is -0.454 e. The topological polar surface area (TPSA) is 158 Å². The van der Waals surface area contributed by atoms with Crippen molar-refractivity contribution in [1.82, 2.24) is 5.43 Å². The van der Waals surface area contributed by atoms with Crippen molar-refractivity contribution in [3.05, 3.63) is 87.5 Å². The summed E-state index contributed by atoms with van der Waals surface area (Å²) in [7, 11) is 0. The van der Waals surface area contributed by atoms with Crippen LogP contribution in [0, 0.1) is 10.1 Å². The van der Waals surface area contributed by atoms with E-state index in [9.17, 15) is 24.5 Å². The maximum Gasteiger partial charge on any atom is 0.343 e. The maximum atomic E-state index is 12.7. The number of esters is 1. The molecule has 0 atom stereocenters. The highest BCUT2D eigenvalue weighted by atomic mass is 16.7. The van der Waals surface area contributed by atoms with E-state index in [4.69, 9.17) is 14.2 Å². The van der Waals surface area contributed by atoms with Crippen molar-refractivity contribution < 1.29 is 33.5 Å². The summed E-state index contributed by atoms with van der Waals surface area (Å²) in [5.41, 5.74) is 2.83. The molecule has 1 aliphatic rings. The molecule has 0 bridgehead atoms. The van der Waals surface area contributed by atoms with E-state index in [1.165, 1.54) is 48.5 Å². The van der Waals surface area contributed by atoms with Crippen LogP contribution in [0.15, 0.2) is 65.8 Å². The summed E-state index contributed by atoms with van der Waals surface area (Å²) in [4.78, 5) is 47.5. The molecule has 12 nitrogen and oxygen atoms in total. The molecule has 2 N–H and O–H groups in total. The molecule has 0 unspecified atom stereocenters. The lowest BCUT2D eigenvalue weighted by atomic mass is 10.1. The number of ether oxygens (including phenoxy) is 3. The van der Waals surface area contributed by atoms with Crippen molar-refractivity contribution in [3.8, 4) is 17.2 Å². The van der Waals surface area contributed by atoms with Crippen molar-refractivity contribution in [2.45, 2.75) is 13.3 Å². The fourth-order valence-electron chi connectivity index (χ4n) is 3.25. The van der Waals surface area contributed by atoms with Crippen LogP contribution >= 0.6 is 0 Å². The number of rotatable bonds is 8. The van der Waals surface area contributed by atoms with E-state index in [1.54, 1.807) is 19.1 Å². The third kappa shape index (κ3) is 5.88. The second-order valence-electron chi connectivity index (χ2n) is 7.59. The Morgan fingerprint density at radius 3 is 2.51 bits per heavy atom. The van der Waals surface area contributed by atoms with Gasteiger partial charge >= 0.3 is 11.7 Å². The van der Waals surface area contributed by atoms with Crippen molar-refractivity contribution >= 4 is 35.4 Å². The first-order valence-corrected chi connectivity index (χ1v) is 11.0. The number of nitro groups is 1. The highest BCUT2D eigenvalue weighted by Gasteiger charge is 2.24. The van der Waals surface area contributed by atoms with Crippen LogP contribution in [0.3, 0.4) is 0 Å². The van der Waals surface area contributed by atoms with Gasteiger partial charge < -0.3 is 19.5 Å². The van der Waals surface area contributed by atoms with Crippen molar-refractivity contribution in [2.24, 2.45) is 5.10 Å². The highest BCUT2D eigenvalue weighted by Crippen LogP contribution is 2.34. The molecule has 12 heteroatoms. The summed E-state index contributed by atoms with van der Waals surface area (Å²) >= 11 is 0. The molecule has 2 amide bonds. The molecule has 0 fully saturated rings. The van der Waals surface area contributed by atoms with E-state index in [0.29, 0.717) is 23.6 Å². The first-order chi connectivity index (χ1) is 17.9. The first-order valence-electron chi connectivity index (χ1n) is 11.0. The number of hydrazone groups is 1. The minimum atomic E-state index is -0.860. The average Bonchev–Trinajstić information content (AvgIpc) is 3.37. The Labute approximate surface area is 210 Å². The molecule has 37 heavy (non-hydrogen) atoms. The van der Waals surface area contributed by atoms with Gasteiger partial charge in [0.2, 0.25) is 18.4 Å². The van der Waals surface area contributed by atoms with E-state index < -0.39 is 22.5 Å². The highest BCUT2D eigenvalue weighted by molar-refractivity contribution is 5.97. The van der Waals surface area contributed by atoms with Crippen molar-refractivity contribution in [1.29, 1.82) is 0 Å². The number of carbonyl (C=O) groups is 3. The minimum absolute atomic E-state index is 0.0177. The lowest BCUT2D eigenvalue weighted by molar-refractivity contribution is -0.385. The van der Waals surface area contributed by atoms with E-state index in [1.807, 2.05) is 0 Å². The summed E-state index contributed by atoms with van der Waals surface area (Å²) in [6, 6.07) is 14.5. The second-order valence-corrected chi connectivity index (χ2v) is 7.59. The number of amides is 2. The van der Waals surface area contributed by atoms with Gasteiger partial charge in [-0.05, 0) is 48.5 Å². The molecule has 4 rings (SSSR count). The Kier molecular flexibility index (Phi) is 7.38. The summed E-state index contributed by atoms with van der Waals surface area (Å²) in [6.45, 7) is 1.74. The number of nitrogens with zero attached hydrogens (tertiary/aromatic N) is 2. The predicted octanol–water partition coefficient (Wildman–Crippen LogP) is 3.66. The van der Waals surface area contributed by atoms with Gasteiger partial charge in [-0.3, -0.25) is 19.7 Å². The molecule has 188 valence electrons. The summed E-state index contributed by atoms with van der Waals surface area (Å²) in [5, 5.41) is 18.1. The Balaban J connectivity index is 1.49. The molecule has 3 aromatic carbocycles. The molecule has 1 aliphatic heterocycles. The van der Waals surface area contributed by atoms with Gasteiger partial charge in [-0.15, -0.1) is 0 Å². The summed E-state index contributed by atoms with van der Waals surface area (Å²) in [5.74, 6) is -1.11. The number of hydrogen-bond acceptors (Lipinski definition) is 9. The SMILES string of the molecule is CCC(=O)Nc1ccc(C(=O)N/N=C/c2cccc([N+](=O)[O-])c2OC(=O)c2ccc3c(c2)OCO3)cc1. The largest absolute Gasteiger partial charge is 0.454 e. The van der Waals surface area contributed by atoms with Crippen molar-refractivity contribution in [2.75, 3.05) is 12.1 Å². The molecular weight excluding hydrogens is 484 g/mol. The van der Waals surface area contributed by atoms with Crippen LogP contribution in [0.25, 0.3) is 0 Å². The van der Waals surface area contributed by atoms with E-state index >= 15 is 0 Å². The fourth-order valence-corrected chi connectivity index (χ4v) is 3.25. The first kappa shape index (κ1) is 24.9. The number of nitro benzene ring substituents is 1. The average molecular weight is 504 g/mol. The van der Waals surface area contributed by atoms with Crippen LogP contribution in [0.5, 0.6) is 17.2 Å². The van der Waals surface area contributed by atoms with Gasteiger partial charge in [0.1, 0.15) is 0 Å². The standard InChI is InChI=1S/C25H20N4O8/c1-2-22(30)27-18-9-6-15(7-10-18)24(31)28-26-13-17-4-3-5-19(29(33)34)23(17)37-25(32)16-8-11-20-21(12-16)36-14-35-20/h3-13H,2,14H2,1H3,(H,27,30)(H,28,31)/b26-13+. The maximum absolute atomic E-state index is 12.7. The number of carbonyl (C=O) groups excluding carboxylic acids is 3. The second kappa shape index (κ2) is 11.0. The van der Waals surface area contributed by atoms with Crippen LogP contribution in [-0.2, 0) is 4.79 Å². The van der Waals surface area contributed by atoms with Crippen LogP contribution in [-0.4, -0.2) is 35.7 Å². The summed E-state index contributed by atoms with van der Waals surface area (Å²) < 4.78 is 15.8. The number of para-hydroxylation sites is 1. The number of fused-ring (bicyclic) bond motifs is 1. The smallest absolute Gasteiger partial charge is 0.343 e. The summed E-state index contributed by atoms with van der Waals surface area (Å²) in [6.07, 6.45) is 1.45. The zero-order valence-corrected chi connectivity index (χ0v) is 19.4. The lowest BCUT2D eigenvalue weighted by Crippen LogP contribution is -2.18. The molecule has 0 saturated heterocycles.